The Morgan fingerprint density at radius 2 is 2.00 bits per heavy atom. The first-order valence-corrected chi connectivity index (χ1v) is 3.42. The molecule has 0 saturated heterocycles. The molecule has 0 aromatic rings. The first kappa shape index (κ1) is 9.95. The summed E-state index contributed by atoms with van der Waals surface area (Å²) in [6.07, 6.45) is 5.01. The van der Waals surface area contributed by atoms with Gasteiger partial charge in [-0.3, -0.25) is 0 Å². The van der Waals surface area contributed by atoms with E-state index in [2.05, 4.69) is 6.58 Å². The fourth-order valence-electron chi connectivity index (χ4n) is 0.731. The number of hydrogen-bond acceptors (Lipinski definition) is 1. The summed E-state index contributed by atoms with van der Waals surface area (Å²) in [7, 11) is 3.59. The average molecular weight is 155 g/mol. The van der Waals surface area contributed by atoms with Crippen molar-refractivity contribution in [3.63, 3.8) is 0 Å². The van der Waals surface area contributed by atoms with Gasteiger partial charge in [-0.15, -0.1) is 0 Å². The van der Waals surface area contributed by atoms with E-state index in [9.17, 15) is 4.39 Å². The molecule has 0 saturated carbocycles. The molecule has 0 fully saturated rings. The van der Waals surface area contributed by atoms with E-state index in [-0.39, 0.29) is 5.83 Å². The molecular formula is C9H14FN. The SMILES string of the molecule is C=C/C=C\C(=C(/C)F)N(C)C. The van der Waals surface area contributed by atoms with E-state index >= 15 is 0 Å². The lowest BCUT2D eigenvalue weighted by Gasteiger charge is -2.13. The Bertz CT molecular complexity index is 186. The smallest absolute Gasteiger partial charge is 0.120 e. The van der Waals surface area contributed by atoms with Crippen LogP contribution in [0.3, 0.4) is 0 Å². The summed E-state index contributed by atoms with van der Waals surface area (Å²) >= 11 is 0. The Morgan fingerprint density at radius 1 is 1.45 bits per heavy atom. The molecule has 0 spiro atoms. The van der Waals surface area contributed by atoms with Gasteiger partial charge in [-0.1, -0.05) is 18.7 Å². The maximum Gasteiger partial charge on any atom is 0.120 e. The molecule has 0 atom stereocenters. The standard InChI is InChI=1S/C9H14FN/c1-5-6-7-9(8(2)10)11(3)4/h5-7H,1H2,2-4H3/b7-6-,9-8-. The molecule has 0 N–H and O–H groups in total. The van der Waals surface area contributed by atoms with Crippen LogP contribution in [0.5, 0.6) is 0 Å². The molecule has 1 nitrogen and oxygen atoms in total. The molecule has 0 aromatic heterocycles. The van der Waals surface area contributed by atoms with Gasteiger partial charge in [0.05, 0.1) is 5.70 Å². The third kappa shape index (κ3) is 3.61. The lowest BCUT2D eigenvalue weighted by molar-refractivity contribution is 0.488. The Labute approximate surface area is 67.5 Å². The topological polar surface area (TPSA) is 3.24 Å². The third-order valence-corrected chi connectivity index (χ3v) is 1.22. The molecule has 0 radical (unpaired) electrons. The molecule has 0 aliphatic rings. The minimum Gasteiger partial charge on any atom is -0.376 e. The van der Waals surface area contributed by atoms with Gasteiger partial charge in [0.25, 0.3) is 0 Å². The van der Waals surface area contributed by atoms with Crippen molar-refractivity contribution in [3.05, 3.63) is 36.3 Å². The first-order valence-electron chi connectivity index (χ1n) is 3.42. The van der Waals surface area contributed by atoms with Crippen molar-refractivity contribution in [2.45, 2.75) is 6.92 Å². The quantitative estimate of drug-likeness (QED) is 0.566. The second-order valence-electron chi connectivity index (χ2n) is 2.41. The van der Waals surface area contributed by atoms with Gasteiger partial charge in [0.15, 0.2) is 0 Å². The van der Waals surface area contributed by atoms with Gasteiger partial charge in [0.2, 0.25) is 0 Å². The number of rotatable bonds is 3. The predicted molar refractivity (Wildman–Crippen MR) is 46.8 cm³/mol. The van der Waals surface area contributed by atoms with Crippen LogP contribution in [0.1, 0.15) is 6.92 Å². The maximum atomic E-state index is 12.7. The van der Waals surface area contributed by atoms with Crippen molar-refractivity contribution in [1.82, 2.24) is 4.90 Å². The van der Waals surface area contributed by atoms with Gasteiger partial charge in [-0.05, 0) is 13.0 Å². The molecule has 0 aromatic carbocycles. The molecule has 0 unspecified atom stereocenters. The number of likely N-dealkylation sites (N-methyl/N-ethyl adjacent to an activating group) is 1. The minimum atomic E-state index is -0.187. The number of nitrogens with zero attached hydrogens (tertiary/aromatic N) is 1. The second kappa shape index (κ2) is 4.72. The highest BCUT2D eigenvalue weighted by Crippen LogP contribution is 2.08. The fourth-order valence-corrected chi connectivity index (χ4v) is 0.731. The second-order valence-corrected chi connectivity index (χ2v) is 2.41. The summed E-state index contributed by atoms with van der Waals surface area (Å²) in [6.45, 7) is 4.93. The Balaban J connectivity index is 4.50. The molecule has 62 valence electrons. The highest BCUT2D eigenvalue weighted by Gasteiger charge is 1.98. The van der Waals surface area contributed by atoms with Crippen molar-refractivity contribution in [2.24, 2.45) is 0 Å². The van der Waals surface area contributed by atoms with Crippen LogP contribution in [0.4, 0.5) is 4.39 Å². The molecule has 2 heteroatoms. The Hall–Kier alpha value is -1.05. The van der Waals surface area contributed by atoms with Gasteiger partial charge in [-0.25, -0.2) is 4.39 Å². The zero-order valence-electron chi connectivity index (χ0n) is 7.26. The summed E-state index contributed by atoms with van der Waals surface area (Å²) < 4.78 is 12.7. The summed E-state index contributed by atoms with van der Waals surface area (Å²) in [5, 5.41) is 0. The van der Waals surface area contributed by atoms with Crippen LogP contribution in [0.25, 0.3) is 0 Å². The van der Waals surface area contributed by atoms with Gasteiger partial charge >= 0.3 is 0 Å². The minimum absolute atomic E-state index is 0.187. The van der Waals surface area contributed by atoms with Gasteiger partial charge in [0.1, 0.15) is 5.83 Å². The van der Waals surface area contributed by atoms with Crippen LogP contribution in [0.2, 0.25) is 0 Å². The van der Waals surface area contributed by atoms with E-state index in [1.54, 1.807) is 37.2 Å². The number of allylic oxidation sites excluding steroid dienone is 4. The maximum absolute atomic E-state index is 12.7. The molecule has 0 rings (SSSR count). The lowest BCUT2D eigenvalue weighted by Crippen LogP contribution is -2.09. The Morgan fingerprint density at radius 3 is 2.27 bits per heavy atom. The molecular weight excluding hydrogens is 141 g/mol. The van der Waals surface area contributed by atoms with E-state index in [0.717, 1.165) is 0 Å². The largest absolute Gasteiger partial charge is 0.376 e. The van der Waals surface area contributed by atoms with Crippen molar-refractivity contribution in [3.8, 4) is 0 Å². The summed E-state index contributed by atoms with van der Waals surface area (Å²) in [6, 6.07) is 0. The predicted octanol–water partition coefficient (Wildman–Crippen LogP) is 2.49. The summed E-state index contributed by atoms with van der Waals surface area (Å²) in [4.78, 5) is 1.72. The van der Waals surface area contributed by atoms with Crippen molar-refractivity contribution < 1.29 is 4.39 Å². The fraction of sp³-hybridized carbons (Fsp3) is 0.333. The zero-order chi connectivity index (χ0) is 8.85. The molecule has 0 heterocycles. The average Bonchev–Trinajstić information content (AvgIpc) is 1.87. The van der Waals surface area contributed by atoms with Crippen LogP contribution in [-0.4, -0.2) is 19.0 Å². The van der Waals surface area contributed by atoms with Crippen molar-refractivity contribution in [1.29, 1.82) is 0 Å². The normalized spacial score (nSPS) is 13.1. The summed E-state index contributed by atoms with van der Waals surface area (Å²) in [5.74, 6) is -0.187. The van der Waals surface area contributed by atoms with Crippen LogP contribution in [0, 0.1) is 0 Å². The van der Waals surface area contributed by atoms with Crippen LogP contribution in [0.15, 0.2) is 36.3 Å². The third-order valence-electron chi connectivity index (χ3n) is 1.22. The van der Waals surface area contributed by atoms with Gasteiger partial charge in [-0.2, -0.15) is 0 Å². The molecule has 0 bridgehead atoms. The number of hydrogen-bond donors (Lipinski definition) is 0. The van der Waals surface area contributed by atoms with Crippen molar-refractivity contribution in [2.75, 3.05) is 14.1 Å². The molecule has 11 heavy (non-hydrogen) atoms. The lowest BCUT2D eigenvalue weighted by atomic mass is 10.3. The summed E-state index contributed by atoms with van der Waals surface area (Å²) in [5.41, 5.74) is 0.574. The highest BCUT2D eigenvalue weighted by molar-refractivity contribution is 5.21. The Kier molecular flexibility index (Phi) is 4.27. The number of halogens is 1. The first-order chi connectivity index (χ1) is 5.09. The van der Waals surface area contributed by atoms with Gasteiger partial charge in [0, 0.05) is 14.1 Å². The van der Waals surface area contributed by atoms with Gasteiger partial charge < -0.3 is 4.90 Å². The molecule has 0 aliphatic carbocycles. The molecule has 0 amide bonds. The van der Waals surface area contributed by atoms with E-state index < -0.39 is 0 Å². The molecule has 0 aliphatic heterocycles. The van der Waals surface area contributed by atoms with Crippen molar-refractivity contribution >= 4 is 0 Å². The monoisotopic (exact) mass is 155 g/mol. The van der Waals surface area contributed by atoms with E-state index in [4.69, 9.17) is 0 Å². The van der Waals surface area contributed by atoms with Crippen LogP contribution in [-0.2, 0) is 0 Å². The highest BCUT2D eigenvalue weighted by atomic mass is 19.1. The van der Waals surface area contributed by atoms with E-state index in [0.29, 0.717) is 5.70 Å². The van der Waals surface area contributed by atoms with E-state index in [1.807, 2.05) is 0 Å². The zero-order valence-corrected chi connectivity index (χ0v) is 7.26. The van der Waals surface area contributed by atoms with E-state index in [1.165, 1.54) is 6.92 Å². The van der Waals surface area contributed by atoms with Crippen LogP contribution >= 0.6 is 0 Å². The van der Waals surface area contributed by atoms with Crippen LogP contribution < -0.4 is 0 Å².